The number of carbonyl (C=O) groups excluding carboxylic acids is 2. The Bertz CT molecular complexity index is 1190. The van der Waals surface area contributed by atoms with Gasteiger partial charge in [0.15, 0.2) is 0 Å². The first-order chi connectivity index (χ1) is 15.9. The van der Waals surface area contributed by atoms with Gasteiger partial charge in [-0.1, -0.05) is 0 Å². The van der Waals surface area contributed by atoms with Gasteiger partial charge in [0, 0.05) is 37.1 Å². The first-order valence-electron chi connectivity index (χ1n) is 10.2. The first kappa shape index (κ1) is 22.7. The lowest BCUT2D eigenvalue weighted by Gasteiger charge is -2.31. The fraction of sp³-hybridized carbons (Fsp3) is 0.238. The van der Waals surface area contributed by atoms with Crippen molar-refractivity contribution >= 4 is 49.9 Å². The van der Waals surface area contributed by atoms with Crippen LogP contribution in [0.4, 0.5) is 21.4 Å². The number of piperidine rings is 1. The zero-order chi connectivity index (χ0) is 23.3. The molecule has 1 saturated heterocycles. The van der Waals surface area contributed by atoms with E-state index in [0.717, 1.165) is 5.00 Å². The minimum atomic E-state index is -3.84. The summed E-state index contributed by atoms with van der Waals surface area (Å²) in [6, 6.07) is 11.0. The van der Waals surface area contributed by atoms with E-state index in [2.05, 4.69) is 25.3 Å². The van der Waals surface area contributed by atoms with Crippen LogP contribution in [0.2, 0.25) is 0 Å². The van der Waals surface area contributed by atoms with Crippen LogP contribution in [0.1, 0.15) is 12.8 Å². The SMILES string of the molecule is O=C(Nc1ccc(S(=O)(=O)Nc2ncccn2)cc1)C1CCN(C(=O)Nc2cccs2)CC1. The van der Waals surface area contributed by atoms with Crippen molar-refractivity contribution in [3.63, 3.8) is 0 Å². The molecule has 1 fully saturated rings. The average Bonchev–Trinajstić information content (AvgIpc) is 3.33. The number of benzene rings is 1. The quantitative estimate of drug-likeness (QED) is 0.490. The van der Waals surface area contributed by atoms with Gasteiger partial charge in [-0.15, -0.1) is 11.3 Å². The Morgan fingerprint density at radius 2 is 1.67 bits per heavy atom. The van der Waals surface area contributed by atoms with Crippen molar-refractivity contribution in [2.45, 2.75) is 17.7 Å². The molecule has 1 aliphatic rings. The zero-order valence-corrected chi connectivity index (χ0v) is 19.1. The number of carbonyl (C=O) groups is 2. The van der Waals surface area contributed by atoms with Gasteiger partial charge in [0.25, 0.3) is 10.0 Å². The van der Waals surface area contributed by atoms with E-state index in [1.165, 1.54) is 48.0 Å². The lowest BCUT2D eigenvalue weighted by molar-refractivity contribution is -0.121. The molecule has 0 unspecified atom stereocenters. The van der Waals surface area contributed by atoms with Crippen LogP contribution in [-0.4, -0.2) is 48.3 Å². The van der Waals surface area contributed by atoms with E-state index in [-0.39, 0.29) is 28.7 Å². The molecule has 4 rings (SSSR count). The number of thiophene rings is 1. The summed E-state index contributed by atoms with van der Waals surface area (Å²) >= 11 is 1.45. The van der Waals surface area contributed by atoms with Crippen molar-refractivity contribution in [2.75, 3.05) is 28.4 Å². The average molecular weight is 487 g/mol. The predicted octanol–water partition coefficient (Wildman–Crippen LogP) is 3.22. The standard InChI is InChI=1S/C21H22N6O4S2/c28-19(15-8-12-27(13-9-15)21(29)25-18-3-1-14-32-18)24-16-4-6-17(7-5-16)33(30,31)26-20-22-10-2-11-23-20/h1-7,10-11,14-15H,8-9,12-13H2,(H,24,28)(H,25,29)(H,22,23,26). The number of nitrogens with one attached hydrogen (secondary N) is 3. The number of rotatable bonds is 6. The number of hydrogen-bond donors (Lipinski definition) is 3. The molecule has 0 saturated carbocycles. The molecule has 3 heterocycles. The number of nitrogens with zero attached hydrogens (tertiary/aromatic N) is 3. The third-order valence-corrected chi connectivity index (χ3v) is 7.26. The maximum atomic E-state index is 12.6. The molecule has 2 aromatic heterocycles. The minimum Gasteiger partial charge on any atom is -0.326 e. The monoisotopic (exact) mass is 486 g/mol. The summed E-state index contributed by atoms with van der Waals surface area (Å²) in [6.07, 6.45) is 3.97. The summed E-state index contributed by atoms with van der Waals surface area (Å²) in [5.74, 6) is -0.402. The van der Waals surface area contributed by atoms with Crippen LogP contribution in [0.3, 0.4) is 0 Å². The smallest absolute Gasteiger partial charge is 0.322 e. The van der Waals surface area contributed by atoms with Gasteiger partial charge in [-0.05, 0) is 60.7 Å². The third kappa shape index (κ3) is 5.84. The van der Waals surface area contributed by atoms with Crippen molar-refractivity contribution in [3.05, 3.63) is 60.2 Å². The zero-order valence-electron chi connectivity index (χ0n) is 17.5. The largest absolute Gasteiger partial charge is 0.326 e. The van der Waals surface area contributed by atoms with E-state index in [4.69, 9.17) is 0 Å². The van der Waals surface area contributed by atoms with E-state index >= 15 is 0 Å². The molecule has 12 heteroatoms. The lowest BCUT2D eigenvalue weighted by Crippen LogP contribution is -2.43. The van der Waals surface area contributed by atoms with E-state index in [1.807, 2.05) is 17.5 Å². The van der Waals surface area contributed by atoms with Crippen LogP contribution in [-0.2, 0) is 14.8 Å². The molecule has 3 N–H and O–H groups in total. The van der Waals surface area contributed by atoms with Crippen LogP contribution in [0.15, 0.2) is 65.1 Å². The Hall–Kier alpha value is -3.51. The highest BCUT2D eigenvalue weighted by molar-refractivity contribution is 7.92. The van der Waals surface area contributed by atoms with Gasteiger partial charge < -0.3 is 10.2 Å². The number of likely N-dealkylation sites (tertiary alicyclic amines) is 1. The molecule has 1 aromatic carbocycles. The molecular weight excluding hydrogens is 464 g/mol. The minimum absolute atomic E-state index is 0.0229. The van der Waals surface area contributed by atoms with Crippen molar-refractivity contribution in [2.24, 2.45) is 5.92 Å². The molecule has 0 aliphatic carbocycles. The topological polar surface area (TPSA) is 133 Å². The summed E-state index contributed by atoms with van der Waals surface area (Å²) in [5.41, 5.74) is 0.493. The van der Waals surface area contributed by atoms with Crippen molar-refractivity contribution in [3.8, 4) is 0 Å². The van der Waals surface area contributed by atoms with Crippen LogP contribution in [0.5, 0.6) is 0 Å². The van der Waals surface area contributed by atoms with Crippen LogP contribution < -0.4 is 15.4 Å². The number of hydrogen-bond acceptors (Lipinski definition) is 7. The normalized spacial score (nSPS) is 14.5. The molecule has 0 radical (unpaired) electrons. The second-order valence-corrected chi connectivity index (χ2v) is 9.99. The van der Waals surface area contributed by atoms with Gasteiger partial charge in [0.05, 0.1) is 9.90 Å². The Morgan fingerprint density at radius 1 is 0.970 bits per heavy atom. The molecule has 0 spiro atoms. The first-order valence-corrected chi connectivity index (χ1v) is 12.6. The fourth-order valence-electron chi connectivity index (χ4n) is 3.37. The van der Waals surface area contributed by atoms with Crippen molar-refractivity contribution < 1.29 is 18.0 Å². The van der Waals surface area contributed by atoms with Gasteiger partial charge in [0.1, 0.15) is 0 Å². The summed E-state index contributed by atoms with van der Waals surface area (Å²) < 4.78 is 27.2. The van der Waals surface area contributed by atoms with Crippen LogP contribution in [0.25, 0.3) is 0 Å². The Labute approximate surface area is 195 Å². The number of sulfonamides is 1. The second kappa shape index (κ2) is 9.96. The van der Waals surface area contributed by atoms with Gasteiger partial charge >= 0.3 is 6.03 Å². The maximum absolute atomic E-state index is 12.6. The Balaban J connectivity index is 1.29. The highest BCUT2D eigenvalue weighted by Gasteiger charge is 2.27. The van der Waals surface area contributed by atoms with Crippen molar-refractivity contribution in [1.29, 1.82) is 0 Å². The molecule has 0 atom stereocenters. The molecule has 33 heavy (non-hydrogen) atoms. The summed E-state index contributed by atoms with van der Waals surface area (Å²) in [4.78, 5) is 34.4. The van der Waals surface area contributed by atoms with Gasteiger partial charge in [-0.3, -0.25) is 10.1 Å². The second-order valence-electron chi connectivity index (χ2n) is 7.36. The van der Waals surface area contributed by atoms with E-state index in [1.54, 1.807) is 11.0 Å². The third-order valence-electron chi connectivity index (χ3n) is 5.13. The van der Waals surface area contributed by atoms with Gasteiger partial charge in [-0.2, -0.15) is 0 Å². The Kier molecular flexibility index (Phi) is 6.84. The maximum Gasteiger partial charge on any atom is 0.322 e. The van der Waals surface area contributed by atoms with E-state index in [9.17, 15) is 18.0 Å². The molecule has 3 aromatic rings. The van der Waals surface area contributed by atoms with Gasteiger partial charge in [0.2, 0.25) is 11.9 Å². The molecule has 0 bridgehead atoms. The predicted molar refractivity (Wildman–Crippen MR) is 126 cm³/mol. The summed E-state index contributed by atoms with van der Waals surface area (Å²) in [5, 5.41) is 8.36. The number of aromatic nitrogens is 2. The molecule has 10 nitrogen and oxygen atoms in total. The fourth-order valence-corrected chi connectivity index (χ4v) is 4.94. The Morgan fingerprint density at radius 3 is 2.30 bits per heavy atom. The molecule has 3 amide bonds. The molecular formula is C21H22N6O4S2. The number of amides is 3. The van der Waals surface area contributed by atoms with E-state index in [0.29, 0.717) is 31.6 Å². The highest BCUT2D eigenvalue weighted by atomic mass is 32.2. The van der Waals surface area contributed by atoms with Crippen molar-refractivity contribution in [1.82, 2.24) is 14.9 Å². The highest BCUT2D eigenvalue weighted by Crippen LogP contribution is 2.22. The van der Waals surface area contributed by atoms with Crippen LogP contribution >= 0.6 is 11.3 Å². The number of anilines is 3. The molecule has 1 aliphatic heterocycles. The molecule has 172 valence electrons. The summed E-state index contributed by atoms with van der Waals surface area (Å²) in [6.45, 7) is 0.972. The summed E-state index contributed by atoms with van der Waals surface area (Å²) in [7, 11) is -3.84. The van der Waals surface area contributed by atoms with E-state index < -0.39 is 10.0 Å². The van der Waals surface area contributed by atoms with Gasteiger partial charge in [-0.25, -0.2) is 27.9 Å². The number of urea groups is 1. The van der Waals surface area contributed by atoms with Crippen LogP contribution in [0, 0.1) is 5.92 Å². The lowest BCUT2D eigenvalue weighted by atomic mass is 9.96.